The van der Waals surface area contributed by atoms with Gasteiger partial charge in [-0.25, -0.2) is 13.2 Å². The lowest BCUT2D eigenvalue weighted by Gasteiger charge is -2.07. The SMILES string of the molecule is Cc1ccc(-c2cc(F)c(F)c(F)c2)c(C=O)c1. The maximum Gasteiger partial charge on any atom is 0.194 e. The number of rotatable bonds is 2. The molecule has 18 heavy (non-hydrogen) atoms. The van der Waals surface area contributed by atoms with Gasteiger partial charge in [0.25, 0.3) is 0 Å². The molecule has 0 N–H and O–H groups in total. The molecule has 92 valence electrons. The molecule has 0 heterocycles. The first-order valence-corrected chi connectivity index (χ1v) is 5.23. The third-order valence-electron chi connectivity index (χ3n) is 2.63. The molecular weight excluding hydrogens is 241 g/mol. The fourth-order valence-corrected chi connectivity index (χ4v) is 1.75. The Labute approximate surface area is 102 Å². The van der Waals surface area contributed by atoms with Gasteiger partial charge < -0.3 is 0 Å². The minimum absolute atomic E-state index is 0.133. The van der Waals surface area contributed by atoms with Gasteiger partial charge in [-0.2, -0.15) is 0 Å². The molecule has 0 aliphatic carbocycles. The molecule has 0 unspecified atom stereocenters. The van der Waals surface area contributed by atoms with Gasteiger partial charge in [-0.15, -0.1) is 0 Å². The van der Waals surface area contributed by atoms with E-state index in [1.54, 1.807) is 25.1 Å². The van der Waals surface area contributed by atoms with Crippen molar-refractivity contribution in [3.63, 3.8) is 0 Å². The molecule has 1 nitrogen and oxygen atoms in total. The third kappa shape index (κ3) is 2.14. The van der Waals surface area contributed by atoms with E-state index in [0.29, 0.717) is 17.4 Å². The van der Waals surface area contributed by atoms with Crippen LogP contribution in [0.4, 0.5) is 13.2 Å². The lowest BCUT2D eigenvalue weighted by molar-refractivity contribution is 0.112. The summed E-state index contributed by atoms with van der Waals surface area (Å²) in [7, 11) is 0. The molecule has 0 aliphatic rings. The zero-order chi connectivity index (χ0) is 13.3. The number of carbonyl (C=O) groups is 1. The summed E-state index contributed by atoms with van der Waals surface area (Å²) < 4.78 is 39.1. The highest BCUT2D eigenvalue weighted by molar-refractivity contribution is 5.87. The highest BCUT2D eigenvalue weighted by atomic mass is 19.2. The second-order valence-corrected chi connectivity index (χ2v) is 3.96. The van der Waals surface area contributed by atoms with Crippen molar-refractivity contribution in [1.82, 2.24) is 0 Å². The number of hydrogen-bond acceptors (Lipinski definition) is 1. The summed E-state index contributed by atoms with van der Waals surface area (Å²) in [6.45, 7) is 1.79. The Morgan fingerprint density at radius 1 is 1.00 bits per heavy atom. The van der Waals surface area contributed by atoms with Crippen molar-refractivity contribution in [3.8, 4) is 11.1 Å². The van der Waals surface area contributed by atoms with Crippen LogP contribution in [0.2, 0.25) is 0 Å². The van der Waals surface area contributed by atoms with Gasteiger partial charge in [-0.3, -0.25) is 4.79 Å². The minimum atomic E-state index is -1.52. The molecule has 0 atom stereocenters. The van der Waals surface area contributed by atoms with Gasteiger partial charge in [0.2, 0.25) is 0 Å². The molecule has 0 spiro atoms. The molecule has 2 aromatic rings. The normalized spacial score (nSPS) is 10.4. The highest BCUT2D eigenvalue weighted by Gasteiger charge is 2.13. The Kier molecular flexibility index (Phi) is 3.19. The molecule has 0 fully saturated rings. The van der Waals surface area contributed by atoms with E-state index in [9.17, 15) is 18.0 Å². The van der Waals surface area contributed by atoms with Crippen LogP contribution >= 0.6 is 0 Å². The summed E-state index contributed by atoms with van der Waals surface area (Å²) in [5, 5.41) is 0. The summed E-state index contributed by atoms with van der Waals surface area (Å²) >= 11 is 0. The molecule has 2 rings (SSSR count). The maximum absolute atomic E-state index is 13.1. The van der Waals surface area contributed by atoms with Crippen molar-refractivity contribution < 1.29 is 18.0 Å². The van der Waals surface area contributed by atoms with Crippen molar-refractivity contribution in [2.24, 2.45) is 0 Å². The van der Waals surface area contributed by atoms with E-state index in [0.717, 1.165) is 17.7 Å². The first kappa shape index (κ1) is 12.4. The molecule has 0 bridgehead atoms. The fourth-order valence-electron chi connectivity index (χ4n) is 1.75. The van der Waals surface area contributed by atoms with E-state index in [2.05, 4.69) is 0 Å². The maximum atomic E-state index is 13.1. The quantitative estimate of drug-likeness (QED) is 0.583. The van der Waals surface area contributed by atoms with E-state index in [1.807, 2.05) is 0 Å². The lowest BCUT2D eigenvalue weighted by Crippen LogP contribution is -1.94. The van der Waals surface area contributed by atoms with E-state index in [1.165, 1.54) is 0 Å². The number of aryl methyl sites for hydroxylation is 1. The first-order chi connectivity index (χ1) is 8.52. The summed E-state index contributed by atoms with van der Waals surface area (Å²) in [5.41, 5.74) is 1.66. The Balaban J connectivity index is 2.65. The van der Waals surface area contributed by atoms with Gasteiger partial charge in [0.05, 0.1) is 0 Å². The molecule has 2 aromatic carbocycles. The molecule has 0 aliphatic heterocycles. The number of aldehydes is 1. The summed E-state index contributed by atoms with van der Waals surface area (Å²) in [5.74, 6) is -4.07. The fraction of sp³-hybridized carbons (Fsp3) is 0.0714. The van der Waals surface area contributed by atoms with E-state index < -0.39 is 17.5 Å². The van der Waals surface area contributed by atoms with Gasteiger partial charge in [-0.05, 0) is 36.2 Å². The van der Waals surface area contributed by atoms with Crippen molar-refractivity contribution in [2.75, 3.05) is 0 Å². The molecular formula is C14H9F3O. The second-order valence-electron chi connectivity index (χ2n) is 3.96. The number of halogens is 3. The lowest BCUT2D eigenvalue weighted by atomic mass is 9.98. The van der Waals surface area contributed by atoms with Crippen molar-refractivity contribution in [3.05, 3.63) is 58.9 Å². The highest BCUT2D eigenvalue weighted by Crippen LogP contribution is 2.26. The Morgan fingerprint density at radius 2 is 1.61 bits per heavy atom. The van der Waals surface area contributed by atoms with Crippen LogP contribution in [0, 0.1) is 24.4 Å². The molecule has 0 aromatic heterocycles. The van der Waals surface area contributed by atoms with E-state index >= 15 is 0 Å². The second kappa shape index (κ2) is 4.64. The van der Waals surface area contributed by atoms with Gasteiger partial charge in [0.1, 0.15) is 0 Å². The van der Waals surface area contributed by atoms with Crippen LogP contribution in [0.25, 0.3) is 11.1 Å². The zero-order valence-corrected chi connectivity index (χ0v) is 9.51. The number of benzene rings is 2. The Morgan fingerprint density at radius 3 is 2.17 bits per heavy atom. The van der Waals surface area contributed by atoms with Crippen molar-refractivity contribution in [2.45, 2.75) is 6.92 Å². The van der Waals surface area contributed by atoms with Crippen LogP contribution in [0.15, 0.2) is 30.3 Å². The van der Waals surface area contributed by atoms with Crippen LogP contribution in [0.5, 0.6) is 0 Å². The predicted molar refractivity (Wildman–Crippen MR) is 61.9 cm³/mol. The van der Waals surface area contributed by atoms with Crippen LogP contribution in [0.1, 0.15) is 15.9 Å². The number of hydrogen-bond donors (Lipinski definition) is 0. The van der Waals surface area contributed by atoms with E-state index in [-0.39, 0.29) is 5.56 Å². The van der Waals surface area contributed by atoms with E-state index in [4.69, 9.17) is 0 Å². The van der Waals surface area contributed by atoms with Gasteiger partial charge in [0.15, 0.2) is 23.7 Å². The van der Waals surface area contributed by atoms with Gasteiger partial charge >= 0.3 is 0 Å². The van der Waals surface area contributed by atoms with Crippen LogP contribution in [0.3, 0.4) is 0 Å². The monoisotopic (exact) mass is 250 g/mol. The smallest absolute Gasteiger partial charge is 0.194 e. The van der Waals surface area contributed by atoms with Crippen LogP contribution in [-0.4, -0.2) is 6.29 Å². The molecule has 0 amide bonds. The average Bonchev–Trinajstić information content (AvgIpc) is 2.35. The van der Waals surface area contributed by atoms with Gasteiger partial charge in [0, 0.05) is 5.56 Å². The Hall–Kier alpha value is -2.10. The number of carbonyl (C=O) groups excluding carboxylic acids is 1. The summed E-state index contributed by atoms with van der Waals surface area (Å²) in [4.78, 5) is 10.9. The largest absolute Gasteiger partial charge is 0.298 e. The first-order valence-electron chi connectivity index (χ1n) is 5.23. The Bertz CT molecular complexity index is 597. The van der Waals surface area contributed by atoms with Crippen molar-refractivity contribution >= 4 is 6.29 Å². The predicted octanol–water partition coefficient (Wildman–Crippen LogP) is 3.89. The summed E-state index contributed by atoms with van der Waals surface area (Å²) in [6.07, 6.45) is 0.599. The molecule has 0 saturated carbocycles. The zero-order valence-electron chi connectivity index (χ0n) is 9.51. The average molecular weight is 250 g/mol. The summed E-state index contributed by atoms with van der Waals surface area (Å²) in [6, 6.07) is 6.63. The topological polar surface area (TPSA) is 17.1 Å². The third-order valence-corrected chi connectivity index (χ3v) is 2.63. The molecule has 0 saturated heterocycles. The van der Waals surface area contributed by atoms with Crippen molar-refractivity contribution in [1.29, 1.82) is 0 Å². The minimum Gasteiger partial charge on any atom is -0.298 e. The van der Waals surface area contributed by atoms with Crippen LogP contribution < -0.4 is 0 Å². The van der Waals surface area contributed by atoms with Gasteiger partial charge in [-0.1, -0.05) is 17.7 Å². The standard InChI is InChI=1S/C14H9F3O/c1-8-2-3-11(10(4-8)7-18)9-5-12(15)14(17)13(16)6-9/h2-7H,1H3. The molecule has 4 heteroatoms. The van der Waals surface area contributed by atoms with Crippen LogP contribution in [-0.2, 0) is 0 Å². The molecule has 0 radical (unpaired) electrons.